The van der Waals surface area contributed by atoms with E-state index in [-0.39, 0.29) is 12.4 Å². The SMILES string of the molecule is CC(C)(C)NCC1CCCCC1.Cl. The average molecular weight is 206 g/mol. The summed E-state index contributed by atoms with van der Waals surface area (Å²) in [6.45, 7) is 7.96. The zero-order valence-electron chi connectivity index (χ0n) is 9.23. The lowest BCUT2D eigenvalue weighted by atomic mass is 9.89. The third-order valence-corrected chi connectivity index (χ3v) is 2.65. The first-order chi connectivity index (χ1) is 5.58. The first-order valence-corrected chi connectivity index (χ1v) is 5.33. The maximum absolute atomic E-state index is 3.59. The summed E-state index contributed by atoms with van der Waals surface area (Å²) >= 11 is 0. The summed E-state index contributed by atoms with van der Waals surface area (Å²) in [6.07, 6.45) is 7.27. The largest absolute Gasteiger partial charge is 0.312 e. The van der Waals surface area contributed by atoms with Gasteiger partial charge in [0.2, 0.25) is 0 Å². The van der Waals surface area contributed by atoms with Gasteiger partial charge in [0.25, 0.3) is 0 Å². The predicted octanol–water partition coefficient (Wildman–Crippen LogP) is 3.38. The molecule has 0 aromatic carbocycles. The first kappa shape index (κ1) is 13.2. The van der Waals surface area contributed by atoms with E-state index in [4.69, 9.17) is 0 Å². The van der Waals surface area contributed by atoms with Crippen LogP contribution in [0, 0.1) is 5.92 Å². The first-order valence-electron chi connectivity index (χ1n) is 5.33. The molecular weight excluding hydrogens is 182 g/mol. The van der Waals surface area contributed by atoms with Crippen LogP contribution in [0.15, 0.2) is 0 Å². The maximum Gasteiger partial charge on any atom is 0.00966 e. The van der Waals surface area contributed by atoms with Crippen molar-refractivity contribution in [2.24, 2.45) is 5.92 Å². The predicted molar refractivity (Wildman–Crippen MR) is 61.6 cm³/mol. The molecule has 0 saturated heterocycles. The van der Waals surface area contributed by atoms with Gasteiger partial charge in [-0.3, -0.25) is 0 Å². The molecule has 0 bridgehead atoms. The fourth-order valence-electron chi connectivity index (χ4n) is 1.84. The fraction of sp³-hybridized carbons (Fsp3) is 1.00. The van der Waals surface area contributed by atoms with Gasteiger partial charge < -0.3 is 5.32 Å². The summed E-state index contributed by atoms with van der Waals surface area (Å²) in [5.74, 6) is 0.956. The molecule has 0 amide bonds. The molecule has 0 radical (unpaired) electrons. The van der Waals surface area contributed by atoms with Crippen LogP contribution in [0.25, 0.3) is 0 Å². The second-order valence-corrected chi connectivity index (χ2v) is 5.13. The van der Waals surface area contributed by atoms with Crippen molar-refractivity contribution in [1.82, 2.24) is 5.32 Å². The molecule has 1 nitrogen and oxygen atoms in total. The van der Waals surface area contributed by atoms with Gasteiger partial charge in [-0.1, -0.05) is 19.3 Å². The minimum absolute atomic E-state index is 0. The van der Waals surface area contributed by atoms with Gasteiger partial charge >= 0.3 is 0 Å². The topological polar surface area (TPSA) is 12.0 Å². The number of hydrogen-bond donors (Lipinski definition) is 1. The van der Waals surface area contributed by atoms with Crippen LogP contribution in [0.5, 0.6) is 0 Å². The molecule has 0 aromatic rings. The summed E-state index contributed by atoms with van der Waals surface area (Å²) in [5, 5.41) is 3.59. The molecule has 0 spiro atoms. The fourth-order valence-corrected chi connectivity index (χ4v) is 1.84. The average Bonchev–Trinajstić information content (AvgIpc) is 2.02. The molecule has 1 aliphatic rings. The second-order valence-electron chi connectivity index (χ2n) is 5.13. The molecule has 0 unspecified atom stereocenters. The molecule has 13 heavy (non-hydrogen) atoms. The number of hydrogen-bond acceptors (Lipinski definition) is 1. The molecular formula is C11H24ClN. The molecule has 1 saturated carbocycles. The van der Waals surface area contributed by atoms with Gasteiger partial charge in [-0.2, -0.15) is 0 Å². The van der Waals surface area contributed by atoms with E-state index in [1.807, 2.05) is 0 Å². The van der Waals surface area contributed by atoms with Crippen molar-refractivity contribution in [2.45, 2.75) is 58.4 Å². The Morgan fingerprint density at radius 2 is 1.62 bits per heavy atom. The minimum atomic E-state index is 0. The van der Waals surface area contributed by atoms with Crippen molar-refractivity contribution in [3.05, 3.63) is 0 Å². The summed E-state index contributed by atoms with van der Waals surface area (Å²) in [7, 11) is 0. The Bertz CT molecular complexity index is 123. The monoisotopic (exact) mass is 205 g/mol. The van der Waals surface area contributed by atoms with Crippen molar-refractivity contribution in [3.8, 4) is 0 Å². The Balaban J connectivity index is 0.00000144. The van der Waals surface area contributed by atoms with Crippen molar-refractivity contribution < 1.29 is 0 Å². The summed E-state index contributed by atoms with van der Waals surface area (Å²) < 4.78 is 0. The molecule has 0 heterocycles. The van der Waals surface area contributed by atoms with Gasteiger partial charge in [-0.15, -0.1) is 12.4 Å². The van der Waals surface area contributed by atoms with E-state index < -0.39 is 0 Å². The smallest absolute Gasteiger partial charge is 0.00966 e. The van der Waals surface area contributed by atoms with Gasteiger partial charge in [0, 0.05) is 5.54 Å². The van der Waals surface area contributed by atoms with E-state index in [0.717, 1.165) is 5.92 Å². The van der Waals surface area contributed by atoms with Crippen molar-refractivity contribution >= 4 is 12.4 Å². The summed E-state index contributed by atoms with van der Waals surface area (Å²) in [6, 6.07) is 0. The van der Waals surface area contributed by atoms with Crippen molar-refractivity contribution in [1.29, 1.82) is 0 Å². The van der Waals surface area contributed by atoms with Crippen LogP contribution in [0.3, 0.4) is 0 Å². The van der Waals surface area contributed by atoms with Crippen LogP contribution in [0.4, 0.5) is 0 Å². The van der Waals surface area contributed by atoms with E-state index in [9.17, 15) is 0 Å². The van der Waals surface area contributed by atoms with Crippen LogP contribution in [0.2, 0.25) is 0 Å². The highest BCUT2D eigenvalue weighted by molar-refractivity contribution is 5.85. The Morgan fingerprint density at radius 1 is 1.08 bits per heavy atom. The zero-order valence-corrected chi connectivity index (χ0v) is 10.0. The molecule has 1 fully saturated rings. The highest BCUT2D eigenvalue weighted by atomic mass is 35.5. The summed E-state index contributed by atoms with van der Waals surface area (Å²) in [4.78, 5) is 0. The van der Waals surface area contributed by atoms with Crippen LogP contribution >= 0.6 is 12.4 Å². The number of rotatable bonds is 2. The molecule has 1 aliphatic carbocycles. The van der Waals surface area contributed by atoms with Crippen molar-refractivity contribution in [3.63, 3.8) is 0 Å². The lowest BCUT2D eigenvalue weighted by Crippen LogP contribution is -2.39. The highest BCUT2D eigenvalue weighted by Crippen LogP contribution is 2.23. The molecule has 0 atom stereocenters. The second kappa shape index (κ2) is 5.87. The van der Waals surface area contributed by atoms with Gasteiger partial charge in [0.15, 0.2) is 0 Å². The summed E-state index contributed by atoms with van der Waals surface area (Å²) in [5.41, 5.74) is 0.303. The van der Waals surface area contributed by atoms with Crippen LogP contribution < -0.4 is 5.32 Å². The van der Waals surface area contributed by atoms with Crippen LogP contribution in [-0.2, 0) is 0 Å². The van der Waals surface area contributed by atoms with Crippen LogP contribution in [-0.4, -0.2) is 12.1 Å². The van der Waals surface area contributed by atoms with Crippen molar-refractivity contribution in [2.75, 3.05) is 6.54 Å². The standard InChI is InChI=1S/C11H23N.ClH/c1-11(2,3)12-9-10-7-5-4-6-8-10;/h10,12H,4-9H2,1-3H3;1H. The van der Waals surface area contributed by atoms with Gasteiger partial charge in [-0.25, -0.2) is 0 Å². The van der Waals surface area contributed by atoms with Gasteiger partial charge in [0.1, 0.15) is 0 Å². The van der Waals surface area contributed by atoms with E-state index in [1.165, 1.54) is 38.6 Å². The van der Waals surface area contributed by atoms with E-state index in [2.05, 4.69) is 26.1 Å². The van der Waals surface area contributed by atoms with E-state index in [1.54, 1.807) is 0 Å². The Kier molecular flexibility index (Phi) is 5.98. The Morgan fingerprint density at radius 3 is 2.08 bits per heavy atom. The normalized spacial score (nSPS) is 19.6. The molecule has 0 aliphatic heterocycles. The quantitative estimate of drug-likeness (QED) is 0.729. The van der Waals surface area contributed by atoms with E-state index in [0.29, 0.717) is 5.54 Å². The molecule has 0 aromatic heterocycles. The molecule has 2 heteroatoms. The van der Waals surface area contributed by atoms with Gasteiger partial charge in [-0.05, 0) is 46.1 Å². The third-order valence-electron chi connectivity index (χ3n) is 2.65. The Labute approximate surface area is 89.1 Å². The third kappa shape index (κ3) is 6.34. The number of halogens is 1. The zero-order chi connectivity index (χ0) is 9.03. The highest BCUT2D eigenvalue weighted by Gasteiger charge is 2.16. The minimum Gasteiger partial charge on any atom is -0.312 e. The Hall–Kier alpha value is 0.250. The van der Waals surface area contributed by atoms with Crippen LogP contribution in [0.1, 0.15) is 52.9 Å². The molecule has 1 N–H and O–H groups in total. The maximum atomic E-state index is 3.59. The molecule has 1 rings (SSSR count). The van der Waals surface area contributed by atoms with E-state index >= 15 is 0 Å². The lowest BCUT2D eigenvalue weighted by Gasteiger charge is -2.27. The lowest BCUT2D eigenvalue weighted by molar-refractivity contribution is 0.304. The van der Waals surface area contributed by atoms with Gasteiger partial charge in [0.05, 0.1) is 0 Å². The number of nitrogens with one attached hydrogen (secondary N) is 1. The molecule has 80 valence electrons.